The quantitative estimate of drug-likeness (QED) is 0.626. The van der Waals surface area contributed by atoms with Gasteiger partial charge in [0.05, 0.1) is 22.8 Å². The monoisotopic (exact) mass is 409 g/mol. The van der Waals surface area contributed by atoms with Gasteiger partial charge in [-0.1, -0.05) is 30.3 Å². The fraction of sp³-hybridized carbons (Fsp3) is 0.286. The van der Waals surface area contributed by atoms with Crippen molar-refractivity contribution in [1.82, 2.24) is 25.4 Å². The van der Waals surface area contributed by atoms with Crippen molar-refractivity contribution < 1.29 is 19.1 Å². The fourth-order valence-electron chi connectivity index (χ4n) is 2.88. The Labute approximate surface area is 173 Å². The third-order valence-electron chi connectivity index (χ3n) is 4.46. The van der Waals surface area contributed by atoms with Gasteiger partial charge >= 0.3 is 12.0 Å². The fourth-order valence-corrected chi connectivity index (χ4v) is 2.88. The van der Waals surface area contributed by atoms with Crippen LogP contribution < -0.4 is 10.6 Å². The highest BCUT2D eigenvalue weighted by atomic mass is 16.5. The van der Waals surface area contributed by atoms with Crippen molar-refractivity contribution in [3.8, 4) is 11.3 Å². The molecule has 1 unspecified atom stereocenters. The van der Waals surface area contributed by atoms with Crippen LogP contribution in [0.5, 0.6) is 0 Å². The number of pyridine rings is 1. The first-order chi connectivity index (χ1) is 14.3. The third kappa shape index (κ3) is 4.29. The average molecular weight is 409 g/mol. The molecule has 9 nitrogen and oxygen atoms in total. The van der Waals surface area contributed by atoms with Crippen molar-refractivity contribution in [2.24, 2.45) is 0 Å². The summed E-state index contributed by atoms with van der Waals surface area (Å²) >= 11 is 0. The molecule has 2 aromatic heterocycles. The Morgan fingerprint density at radius 3 is 2.43 bits per heavy atom. The van der Waals surface area contributed by atoms with Crippen molar-refractivity contribution in [2.45, 2.75) is 32.9 Å². The SMILES string of the molecule is CNC(=O)NC(=O)C(C)OC(=O)c1cc(-c2ccccc2)nc2c1cnn2C(C)C. The van der Waals surface area contributed by atoms with E-state index in [0.717, 1.165) is 5.56 Å². The summed E-state index contributed by atoms with van der Waals surface area (Å²) in [6.45, 7) is 5.32. The van der Waals surface area contributed by atoms with E-state index in [9.17, 15) is 14.4 Å². The Hall–Kier alpha value is -3.75. The van der Waals surface area contributed by atoms with E-state index in [1.54, 1.807) is 16.9 Å². The molecular weight excluding hydrogens is 386 g/mol. The van der Waals surface area contributed by atoms with E-state index in [1.165, 1.54) is 14.0 Å². The highest BCUT2D eigenvalue weighted by Crippen LogP contribution is 2.27. The standard InChI is InChI=1S/C21H23N5O4/c1-12(2)26-18-16(11-23-26)15(10-17(24-18)14-8-6-5-7-9-14)20(28)30-13(3)19(27)25-21(29)22-4/h5-13H,1-4H3,(H2,22,25,27,29). The molecule has 0 bridgehead atoms. The smallest absolute Gasteiger partial charge is 0.339 e. The van der Waals surface area contributed by atoms with Crippen LogP contribution in [-0.2, 0) is 9.53 Å². The van der Waals surface area contributed by atoms with Gasteiger partial charge in [-0.25, -0.2) is 19.3 Å². The van der Waals surface area contributed by atoms with Gasteiger partial charge in [-0.2, -0.15) is 5.10 Å². The van der Waals surface area contributed by atoms with Crippen molar-refractivity contribution in [1.29, 1.82) is 0 Å². The van der Waals surface area contributed by atoms with Crippen molar-refractivity contribution >= 4 is 28.9 Å². The van der Waals surface area contributed by atoms with Crippen LogP contribution >= 0.6 is 0 Å². The van der Waals surface area contributed by atoms with E-state index in [4.69, 9.17) is 9.72 Å². The summed E-state index contributed by atoms with van der Waals surface area (Å²) in [6, 6.07) is 10.4. The summed E-state index contributed by atoms with van der Waals surface area (Å²) < 4.78 is 7.04. The zero-order valence-corrected chi connectivity index (χ0v) is 17.2. The number of rotatable bonds is 5. The summed E-state index contributed by atoms with van der Waals surface area (Å²) in [7, 11) is 1.38. The number of aromatic nitrogens is 3. The van der Waals surface area contributed by atoms with E-state index in [1.807, 2.05) is 44.2 Å². The van der Waals surface area contributed by atoms with E-state index < -0.39 is 24.0 Å². The molecule has 0 saturated heterocycles. The molecule has 0 aliphatic rings. The molecule has 0 aliphatic heterocycles. The van der Waals surface area contributed by atoms with E-state index in [-0.39, 0.29) is 11.6 Å². The van der Waals surface area contributed by atoms with Gasteiger partial charge in [-0.15, -0.1) is 0 Å². The Kier molecular flexibility index (Phi) is 6.10. The van der Waals surface area contributed by atoms with Gasteiger partial charge in [0.25, 0.3) is 5.91 Å². The number of carbonyl (C=O) groups excluding carboxylic acids is 3. The number of esters is 1. The van der Waals surface area contributed by atoms with Crippen molar-refractivity contribution in [3.63, 3.8) is 0 Å². The summed E-state index contributed by atoms with van der Waals surface area (Å²) in [5.74, 6) is -1.43. The van der Waals surface area contributed by atoms with Gasteiger partial charge < -0.3 is 10.1 Å². The molecule has 3 rings (SSSR count). The number of carbonyl (C=O) groups is 3. The molecule has 3 aromatic rings. The molecule has 0 saturated carbocycles. The lowest BCUT2D eigenvalue weighted by Crippen LogP contribution is -2.43. The zero-order valence-electron chi connectivity index (χ0n) is 17.2. The number of amides is 3. The van der Waals surface area contributed by atoms with E-state index >= 15 is 0 Å². The maximum absolute atomic E-state index is 12.9. The Bertz CT molecular complexity index is 1090. The van der Waals surface area contributed by atoms with Gasteiger partial charge in [0.15, 0.2) is 11.8 Å². The molecule has 2 N–H and O–H groups in total. The summed E-state index contributed by atoms with van der Waals surface area (Å²) in [4.78, 5) is 41.0. The number of hydrogen-bond donors (Lipinski definition) is 2. The lowest BCUT2D eigenvalue weighted by Gasteiger charge is -2.14. The number of urea groups is 1. The van der Waals surface area contributed by atoms with Crippen LogP contribution in [0.25, 0.3) is 22.3 Å². The average Bonchev–Trinajstić information content (AvgIpc) is 3.17. The molecule has 2 heterocycles. The van der Waals surface area contributed by atoms with E-state index in [0.29, 0.717) is 16.7 Å². The number of nitrogens with zero attached hydrogens (tertiary/aromatic N) is 3. The van der Waals surface area contributed by atoms with Gasteiger partial charge in [0.1, 0.15) is 0 Å². The molecule has 1 atom stereocenters. The van der Waals surface area contributed by atoms with Crippen LogP contribution in [0.15, 0.2) is 42.6 Å². The molecule has 156 valence electrons. The first kappa shape index (κ1) is 21.0. The van der Waals surface area contributed by atoms with Crippen LogP contribution in [0.2, 0.25) is 0 Å². The highest BCUT2D eigenvalue weighted by molar-refractivity contribution is 6.05. The molecule has 9 heteroatoms. The number of ether oxygens (including phenoxy) is 1. The second kappa shape index (κ2) is 8.73. The molecule has 0 fully saturated rings. The van der Waals surface area contributed by atoms with Crippen molar-refractivity contribution in [2.75, 3.05) is 7.05 Å². The van der Waals surface area contributed by atoms with Crippen LogP contribution in [0.3, 0.4) is 0 Å². The van der Waals surface area contributed by atoms with Crippen LogP contribution in [-0.4, -0.2) is 45.8 Å². The zero-order chi connectivity index (χ0) is 21.8. The highest BCUT2D eigenvalue weighted by Gasteiger charge is 2.24. The number of fused-ring (bicyclic) bond motifs is 1. The van der Waals surface area contributed by atoms with Gasteiger partial charge in [-0.05, 0) is 26.8 Å². The van der Waals surface area contributed by atoms with Gasteiger partial charge in [0.2, 0.25) is 0 Å². The Balaban J connectivity index is 2.00. The minimum atomic E-state index is -1.17. The normalized spacial score (nSPS) is 11.9. The second-order valence-corrected chi connectivity index (χ2v) is 6.96. The molecule has 0 spiro atoms. The number of benzene rings is 1. The number of hydrogen-bond acceptors (Lipinski definition) is 6. The summed E-state index contributed by atoms with van der Waals surface area (Å²) in [5, 5.41) is 9.23. The predicted molar refractivity (Wildman–Crippen MR) is 111 cm³/mol. The lowest BCUT2D eigenvalue weighted by molar-refractivity contribution is -0.127. The topological polar surface area (TPSA) is 115 Å². The molecule has 0 radical (unpaired) electrons. The minimum Gasteiger partial charge on any atom is -0.449 e. The lowest BCUT2D eigenvalue weighted by atomic mass is 10.1. The summed E-state index contributed by atoms with van der Waals surface area (Å²) in [6.07, 6.45) is 0.390. The molecule has 1 aromatic carbocycles. The molecule has 30 heavy (non-hydrogen) atoms. The third-order valence-corrected chi connectivity index (χ3v) is 4.46. The Morgan fingerprint density at radius 2 is 1.80 bits per heavy atom. The van der Waals surface area contributed by atoms with E-state index in [2.05, 4.69) is 15.7 Å². The summed E-state index contributed by atoms with van der Waals surface area (Å²) in [5.41, 5.74) is 2.20. The maximum atomic E-state index is 12.9. The minimum absolute atomic E-state index is 0.0298. The van der Waals surface area contributed by atoms with Gasteiger partial charge in [-0.3, -0.25) is 10.1 Å². The Morgan fingerprint density at radius 1 is 1.10 bits per heavy atom. The largest absolute Gasteiger partial charge is 0.449 e. The molecular formula is C21H23N5O4. The van der Waals surface area contributed by atoms with Gasteiger partial charge in [0, 0.05) is 18.7 Å². The maximum Gasteiger partial charge on any atom is 0.339 e. The first-order valence-corrected chi connectivity index (χ1v) is 9.49. The number of imide groups is 1. The first-order valence-electron chi connectivity index (χ1n) is 9.49. The van der Waals surface area contributed by atoms with Crippen molar-refractivity contribution in [3.05, 3.63) is 48.2 Å². The molecule has 0 aliphatic carbocycles. The molecule has 3 amide bonds. The second-order valence-electron chi connectivity index (χ2n) is 6.96. The number of nitrogens with one attached hydrogen (secondary N) is 2. The van der Waals surface area contributed by atoms with Crippen LogP contribution in [0.4, 0.5) is 4.79 Å². The predicted octanol–water partition coefficient (Wildman–Crippen LogP) is 2.68. The van der Waals surface area contributed by atoms with Crippen LogP contribution in [0.1, 0.15) is 37.2 Å². The van der Waals surface area contributed by atoms with Crippen LogP contribution in [0, 0.1) is 0 Å².